The number of nitrogens with zero attached hydrogens (tertiary/aromatic N) is 2. The topological polar surface area (TPSA) is 84.2 Å². The summed E-state index contributed by atoms with van der Waals surface area (Å²) in [5.74, 6) is 0.0617. The molecule has 6 nitrogen and oxygen atoms in total. The first-order valence-electron chi connectivity index (χ1n) is 8.12. The predicted molar refractivity (Wildman–Crippen MR) is 104 cm³/mol. The van der Waals surface area contributed by atoms with Crippen molar-refractivity contribution in [1.82, 2.24) is 14.9 Å². The van der Waals surface area contributed by atoms with Gasteiger partial charge in [-0.3, -0.25) is 14.2 Å². The van der Waals surface area contributed by atoms with Gasteiger partial charge in [-0.2, -0.15) is 0 Å². The largest absolute Gasteiger partial charge is 0.392 e. The van der Waals surface area contributed by atoms with E-state index in [-0.39, 0.29) is 29.8 Å². The summed E-state index contributed by atoms with van der Waals surface area (Å²) in [5, 5.41) is 13.5. The number of halogens is 1. The van der Waals surface area contributed by atoms with Gasteiger partial charge in [-0.1, -0.05) is 34.6 Å². The number of amides is 1. The van der Waals surface area contributed by atoms with Gasteiger partial charge < -0.3 is 10.4 Å². The minimum absolute atomic E-state index is 0.104. The number of carbonyl (C=O) groups is 1. The Bertz CT molecular complexity index is 823. The monoisotopic (exact) mass is 427 g/mol. The van der Waals surface area contributed by atoms with Gasteiger partial charge in [0.25, 0.3) is 5.56 Å². The Labute approximate surface area is 159 Å². The lowest BCUT2D eigenvalue weighted by Gasteiger charge is -2.15. The number of thioether (sulfide) groups is 1. The van der Waals surface area contributed by atoms with Crippen LogP contribution in [0.5, 0.6) is 0 Å². The van der Waals surface area contributed by atoms with Crippen LogP contribution >= 0.6 is 27.7 Å². The molecule has 2 aromatic rings. The summed E-state index contributed by atoms with van der Waals surface area (Å²) in [7, 11) is 0. The number of aliphatic hydroxyl groups is 1. The standard InChI is InChI=1S/C17H22BrN3O3S/c1-4-10(2)19-15(23)9-25-17-20-14-6-5-12(18)7-13(14)16(24)21(17)8-11(3)22/h5-7,10-11,22H,4,8-9H2,1-3H3,(H,19,23). The molecule has 25 heavy (non-hydrogen) atoms. The molecule has 0 aliphatic heterocycles. The minimum Gasteiger partial charge on any atom is -0.392 e. The Morgan fingerprint density at radius 1 is 1.44 bits per heavy atom. The van der Waals surface area contributed by atoms with E-state index in [1.165, 1.54) is 16.3 Å². The first-order chi connectivity index (χ1) is 11.8. The molecule has 1 heterocycles. The highest BCUT2D eigenvalue weighted by Crippen LogP contribution is 2.20. The molecule has 1 aromatic carbocycles. The Hall–Kier alpha value is -1.38. The second-order valence-corrected chi connectivity index (χ2v) is 7.84. The van der Waals surface area contributed by atoms with E-state index < -0.39 is 6.10 Å². The van der Waals surface area contributed by atoms with Crippen LogP contribution in [0.4, 0.5) is 0 Å². The van der Waals surface area contributed by atoms with Crippen molar-refractivity contribution in [3.63, 3.8) is 0 Å². The molecule has 2 rings (SSSR count). The second kappa shape index (κ2) is 8.82. The Morgan fingerprint density at radius 3 is 2.80 bits per heavy atom. The number of aromatic nitrogens is 2. The fourth-order valence-corrected chi connectivity index (χ4v) is 3.44. The van der Waals surface area contributed by atoms with Crippen molar-refractivity contribution in [3.05, 3.63) is 33.0 Å². The molecule has 0 bridgehead atoms. The number of carbonyl (C=O) groups excluding carboxylic acids is 1. The van der Waals surface area contributed by atoms with Crippen molar-refractivity contribution in [3.8, 4) is 0 Å². The van der Waals surface area contributed by atoms with Crippen LogP contribution < -0.4 is 10.9 Å². The quantitative estimate of drug-likeness (QED) is 0.523. The van der Waals surface area contributed by atoms with E-state index in [2.05, 4.69) is 26.2 Å². The highest BCUT2D eigenvalue weighted by molar-refractivity contribution is 9.10. The van der Waals surface area contributed by atoms with Crippen LogP contribution in [0.3, 0.4) is 0 Å². The molecule has 1 amide bonds. The lowest BCUT2D eigenvalue weighted by molar-refractivity contribution is -0.119. The third-order valence-corrected chi connectivity index (χ3v) is 5.15. The van der Waals surface area contributed by atoms with Gasteiger partial charge in [-0.05, 0) is 38.5 Å². The van der Waals surface area contributed by atoms with Gasteiger partial charge in [0, 0.05) is 10.5 Å². The molecule has 0 saturated heterocycles. The van der Waals surface area contributed by atoms with Gasteiger partial charge in [-0.15, -0.1) is 0 Å². The molecule has 0 aliphatic rings. The molecule has 0 aliphatic carbocycles. The summed E-state index contributed by atoms with van der Waals surface area (Å²) in [6.45, 7) is 5.69. The van der Waals surface area contributed by atoms with E-state index in [4.69, 9.17) is 0 Å². The van der Waals surface area contributed by atoms with E-state index in [9.17, 15) is 14.7 Å². The summed E-state index contributed by atoms with van der Waals surface area (Å²) in [6, 6.07) is 5.40. The zero-order valence-corrected chi connectivity index (χ0v) is 16.9. The molecular formula is C17H22BrN3O3S. The van der Waals surface area contributed by atoms with Crippen molar-refractivity contribution in [2.45, 2.75) is 51.0 Å². The van der Waals surface area contributed by atoms with Crippen LogP contribution in [0, 0.1) is 0 Å². The van der Waals surface area contributed by atoms with Crippen LogP contribution in [-0.2, 0) is 11.3 Å². The first-order valence-corrected chi connectivity index (χ1v) is 9.90. The van der Waals surface area contributed by atoms with Gasteiger partial charge >= 0.3 is 0 Å². The Kier molecular flexibility index (Phi) is 7.04. The molecule has 0 spiro atoms. The smallest absolute Gasteiger partial charge is 0.262 e. The summed E-state index contributed by atoms with van der Waals surface area (Å²) < 4.78 is 2.22. The fourth-order valence-electron chi connectivity index (χ4n) is 2.26. The summed E-state index contributed by atoms with van der Waals surface area (Å²) in [6.07, 6.45) is 0.157. The highest BCUT2D eigenvalue weighted by Gasteiger charge is 2.15. The molecule has 2 N–H and O–H groups in total. The molecule has 8 heteroatoms. The number of benzene rings is 1. The van der Waals surface area contributed by atoms with Gasteiger partial charge in [0.2, 0.25) is 5.91 Å². The molecule has 136 valence electrons. The summed E-state index contributed by atoms with van der Waals surface area (Å²) in [4.78, 5) is 29.3. The predicted octanol–water partition coefficient (Wildman–Crippen LogP) is 2.55. The lowest BCUT2D eigenvalue weighted by Crippen LogP contribution is -2.33. The molecular weight excluding hydrogens is 406 g/mol. The van der Waals surface area contributed by atoms with Crippen LogP contribution in [-0.4, -0.2) is 38.5 Å². The van der Waals surface area contributed by atoms with Crippen LogP contribution in [0.1, 0.15) is 27.2 Å². The lowest BCUT2D eigenvalue weighted by atomic mass is 10.2. The zero-order chi connectivity index (χ0) is 18.6. The number of hydrogen-bond donors (Lipinski definition) is 2. The summed E-state index contributed by atoms with van der Waals surface area (Å²) >= 11 is 4.56. The third-order valence-electron chi connectivity index (χ3n) is 3.68. The molecule has 0 fully saturated rings. The number of rotatable bonds is 7. The van der Waals surface area contributed by atoms with E-state index in [0.29, 0.717) is 16.1 Å². The van der Waals surface area contributed by atoms with Gasteiger partial charge in [0.1, 0.15) is 0 Å². The van der Waals surface area contributed by atoms with Crippen LogP contribution in [0.2, 0.25) is 0 Å². The minimum atomic E-state index is -0.697. The Morgan fingerprint density at radius 2 is 2.16 bits per heavy atom. The van der Waals surface area contributed by atoms with E-state index in [0.717, 1.165) is 10.9 Å². The maximum Gasteiger partial charge on any atom is 0.262 e. The second-order valence-electron chi connectivity index (χ2n) is 5.99. The molecule has 2 atom stereocenters. The maximum absolute atomic E-state index is 12.8. The highest BCUT2D eigenvalue weighted by atomic mass is 79.9. The van der Waals surface area contributed by atoms with Crippen molar-refractivity contribution in [2.75, 3.05) is 5.75 Å². The average Bonchev–Trinajstić information content (AvgIpc) is 2.56. The zero-order valence-electron chi connectivity index (χ0n) is 14.5. The van der Waals surface area contributed by atoms with Crippen molar-refractivity contribution < 1.29 is 9.90 Å². The SMILES string of the molecule is CCC(C)NC(=O)CSc1nc2ccc(Br)cc2c(=O)n1CC(C)O. The number of hydrogen-bond acceptors (Lipinski definition) is 5. The molecule has 2 unspecified atom stereocenters. The Balaban J connectivity index is 2.35. The van der Waals surface area contributed by atoms with E-state index >= 15 is 0 Å². The first kappa shape index (κ1) is 19.9. The van der Waals surface area contributed by atoms with E-state index in [1.54, 1.807) is 19.1 Å². The number of aliphatic hydroxyl groups excluding tert-OH is 1. The maximum atomic E-state index is 12.8. The fraction of sp³-hybridized carbons (Fsp3) is 0.471. The molecule has 1 aromatic heterocycles. The van der Waals surface area contributed by atoms with Gasteiger partial charge in [0.05, 0.1) is 29.3 Å². The average molecular weight is 428 g/mol. The number of nitrogens with one attached hydrogen (secondary N) is 1. The van der Waals surface area contributed by atoms with Crippen LogP contribution in [0.15, 0.2) is 32.6 Å². The third kappa shape index (κ3) is 5.29. The van der Waals surface area contributed by atoms with E-state index in [1.807, 2.05) is 19.9 Å². The molecule has 0 radical (unpaired) electrons. The molecule has 0 saturated carbocycles. The normalized spacial score (nSPS) is 13.6. The van der Waals surface area contributed by atoms with Gasteiger partial charge in [-0.25, -0.2) is 4.98 Å². The number of fused-ring (bicyclic) bond motifs is 1. The van der Waals surface area contributed by atoms with Crippen molar-refractivity contribution in [2.24, 2.45) is 0 Å². The van der Waals surface area contributed by atoms with Crippen molar-refractivity contribution >= 4 is 44.5 Å². The van der Waals surface area contributed by atoms with Gasteiger partial charge in [0.15, 0.2) is 5.16 Å². The summed E-state index contributed by atoms with van der Waals surface area (Å²) in [5.41, 5.74) is 0.344. The van der Waals surface area contributed by atoms with Crippen molar-refractivity contribution in [1.29, 1.82) is 0 Å². The van der Waals surface area contributed by atoms with Crippen LogP contribution in [0.25, 0.3) is 10.9 Å².